The summed E-state index contributed by atoms with van der Waals surface area (Å²) in [6, 6.07) is 20.2. The van der Waals surface area contributed by atoms with Crippen LogP contribution in [-0.2, 0) is 15.6 Å². The summed E-state index contributed by atoms with van der Waals surface area (Å²) in [5.74, 6) is -0.274. The number of thiophene rings is 1. The Hall–Kier alpha value is -4.07. The fraction of sp³-hybridized carbons (Fsp3) is 0.276. The van der Waals surface area contributed by atoms with Crippen molar-refractivity contribution in [3.05, 3.63) is 76.3 Å². The third kappa shape index (κ3) is 3.17. The molecule has 6 nitrogen and oxygen atoms in total. The summed E-state index contributed by atoms with van der Waals surface area (Å²) in [4.78, 5) is 20.7. The van der Waals surface area contributed by atoms with Crippen molar-refractivity contribution in [2.45, 2.75) is 42.9 Å². The summed E-state index contributed by atoms with van der Waals surface area (Å²) in [5, 5.41) is 29.5. The van der Waals surface area contributed by atoms with Crippen LogP contribution < -0.4 is 0 Å². The van der Waals surface area contributed by atoms with Crippen LogP contribution in [0, 0.1) is 28.1 Å². The van der Waals surface area contributed by atoms with E-state index in [1.165, 1.54) is 4.90 Å². The van der Waals surface area contributed by atoms with E-state index in [4.69, 9.17) is 5.41 Å². The summed E-state index contributed by atoms with van der Waals surface area (Å²) in [5.41, 5.74) is 2.30. The summed E-state index contributed by atoms with van der Waals surface area (Å²) in [6.45, 7) is 2.07. The van der Waals surface area contributed by atoms with Crippen LogP contribution in [0.25, 0.3) is 21.0 Å². The van der Waals surface area contributed by atoms with Gasteiger partial charge in [-0.05, 0) is 48.2 Å². The molecule has 1 amide bonds. The lowest BCUT2D eigenvalue weighted by Crippen LogP contribution is -2.51. The second-order valence-corrected chi connectivity index (χ2v) is 11.3. The minimum atomic E-state index is -0.627. The van der Waals surface area contributed by atoms with Gasteiger partial charge in [-0.15, -0.1) is 11.3 Å². The Balaban J connectivity index is 1.50. The summed E-state index contributed by atoms with van der Waals surface area (Å²) >= 11 is 1.60. The maximum atomic E-state index is 13.7. The molecule has 2 aromatic carbocycles. The highest BCUT2D eigenvalue weighted by molar-refractivity contribution is 7.19. The Bertz CT molecular complexity index is 1670. The van der Waals surface area contributed by atoms with E-state index in [2.05, 4.69) is 30.1 Å². The van der Waals surface area contributed by atoms with Gasteiger partial charge in [0, 0.05) is 40.7 Å². The molecule has 0 radical (unpaired) electrons. The summed E-state index contributed by atoms with van der Waals surface area (Å²) in [7, 11) is 1.67. The second kappa shape index (κ2) is 7.71. The number of likely N-dealkylation sites (tertiary alicyclic amines) is 1. The van der Waals surface area contributed by atoms with Gasteiger partial charge >= 0.3 is 0 Å². The van der Waals surface area contributed by atoms with Crippen molar-refractivity contribution in [1.29, 1.82) is 15.9 Å². The van der Waals surface area contributed by atoms with Crippen LogP contribution in [0.1, 0.15) is 53.7 Å². The predicted octanol–water partition coefficient (Wildman–Crippen LogP) is 5.76. The number of hydrogen-bond acceptors (Lipinski definition) is 6. The Morgan fingerprint density at radius 3 is 2.53 bits per heavy atom. The van der Waals surface area contributed by atoms with Crippen molar-refractivity contribution in [3.63, 3.8) is 0 Å². The SMILES string of the molecule is CN1C(=N)C[C@](C)(c2cc3c(cnc4ccc(C#N)cc43)s2)[C@@H](c2ccc(C3(C#N)CC3)cc2)C1=O. The topological polar surface area (TPSA) is 105 Å². The van der Waals surface area contributed by atoms with Crippen LogP contribution in [0.4, 0.5) is 0 Å². The van der Waals surface area contributed by atoms with Gasteiger partial charge in [-0.3, -0.25) is 15.2 Å². The Morgan fingerprint density at radius 2 is 1.86 bits per heavy atom. The maximum Gasteiger partial charge on any atom is 0.236 e. The number of carbonyl (C=O) groups is 1. The van der Waals surface area contributed by atoms with E-state index in [0.29, 0.717) is 17.8 Å². The van der Waals surface area contributed by atoms with Gasteiger partial charge in [0.05, 0.1) is 39.3 Å². The lowest BCUT2D eigenvalue weighted by atomic mass is 9.67. The average molecular weight is 490 g/mol. The fourth-order valence-electron chi connectivity index (χ4n) is 5.55. The first-order chi connectivity index (χ1) is 17.3. The molecule has 1 N–H and O–H groups in total. The zero-order chi connectivity index (χ0) is 25.2. The molecular weight excluding hydrogens is 466 g/mol. The number of amidine groups is 1. The minimum absolute atomic E-state index is 0.102. The number of aromatic nitrogens is 1. The summed E-state index contributed by atoms with van der Waals surface area (Å²) in [6.07, 6.45) is 4.02. The maximum absolute atomic E-state index is 13.7. The van der Waals surface area contributed by atoms with Crippen LogP contribution in [0.3, 0.4) is 0 Å². The first-order valence-corrected chi connectivity index (χ1v) is 12.7. The lowest BCUT2D eigenvalue weighted by molar-refractivity contribution is -0.131. The molecule has 1 aliphatic carbocycles. The van der Waals surface area contributed by atoms with Gasteiger partial charge in [0.25, 0.3) is 0 Å². The van der Waals surface area contributed by atoms with Crippen LogP contribution in [-0.4, -0.2) is 28.7 Å². The van der Waals surface area contributed by atoms with Crippen LogP contribution in [0.5, 0.6) is 0 Å². The second-order valence-electron chi connectivity index (χ2n) is 10.2. The number of pyridine rings is 1. The Morgan fingerprint density at radius 1 is 1.11 bits per heavy atom. The minimum Gasteiger partial charge on any atom is -0.303 e. The van der Waals surface area contributed by atoms with E-state index in [1.54, 1.807) is 24.5 Å². The zero-order valence-corrected chi connectivity index (χ0v) is 20.8. The normalized spacial score (nSPS) is 23.0. The van der Waals surface area contributed by atoms with E-state index >= 15 is 0 Å². The van der Waals surface area contributed by atoms with E-state index in [0.717, 1.165) is 49.8 Å². The van der Waals surface area contributed by atoms with Gasteiger partial charge in [0.1, 0.15) is 5.84 Å². The number of nitriles is 2. The van der Waals surface area contributed by atoms with Gasteiger partial charge in [-0.1, -0.05) is 31.2 Å². The molecule has 2 fully saturated rings. The molecule has 1 aliphatic heterocycles. The fourth-order valence-corrected chi connectivity index (χ4v) is 6.77. The monoisotopic (exact) mass is 489 g/mol. The van der Waals surface area contributed by atoms with E-state index in [1.807, 2.05) is 42.6 Å². The van der Waals surface area contributed by atoms with Gasteiger partial charge in [0.2, 0.25) is 5.91 Å². The number of piperidine rings is 1. The number of carbonyl (C=O) groups excluding carboxylic acids is 1. The highest BCUT2D eigenvalue weighted by atomic mass is 32.1. The van der Waals surface area contributed by atoms with Crippen LogP contribution in [0.15, 0.2) is 54.7 Å². The van der Waals surface area contributed by atoms with Crippen molar-refractivity contribution in [2.75, 3.05) is 7.05 Å². The number of hydrogen-bond donors (Lipinski definition) is 1. The van der Waals surface area contributed by atoms with Crippen molar-refractivity contribution >= 4 is 44.1 Å². The van der Waals surface area contributed by atoms with Crippen molar-refractivity contribution in [2.24, 2.45) is 0 Å². The molecular formula is C29H23N5OS. The molecule has 2 aromatic heterocycles. The zero-order valence-electron chi connectivity index (χ0n) is 20.0. The molecule has 0 unspecified atom stereocenters. The Labute approximate surface area is 212 Å². The molecule has 36 heavy (non-hydrogen) atoms. The first-order valence-electron chi connectivity index (χ1n) is 11.9. The standard InChI is InChI=1S/C29H23N5OS/c1-28(24-12-21-20-11-17(14-30)3-8-22(20)33-15-23(21)36-24)13-25(32)34(2)27(35)26(28)18-4-6-19(7-5-18)29(16-31)9-10-29/h3-8,11-12,15,26,32H,9-10,13H2,1-2H3/t26-,28+/m0/s1. The molecule has 2 atom stereocenters. The molecule has 1 saturated carbocycles. The molecule has 2 aliphatic rings. The molecule has 3 heterocycles. The van der Waals surface area contributed by atoms with E-state index in [9.17, 15) is 15.3 Å². The molecule has 1 saturated heterocycles. The molecule has 6 rings (SSSR count). The van der Waals surface area contributed by atoms with E-state index in [-0.39, 0.29) is 11.3 Å². The highest BCUT2D eigenvalue weighted by Crippen LogP contribution is 2.51. The number of fused-ring (bicyclic) bond motifs is 3. The number of rotatable bonds is 3. The Kier molecular flexibility index (Phi) is 4.80. The van der Waals surface area contributed by atoms with Crippen LogP contribution >= 0.6 is 11.3 Å². The highest BCUT2D eigenvalue weighted by Gasteiger charge is 2.50. The number of amides is 1. The number of likely N-dealkylation sites (N-methyl/N-ethyl adjacent to an activating group) is 1. The molecule has 4 aromatic rings. The first kappa shape index (κ1) is 22.4. The van der Waals surface area contributed by atoms with Gasteiger partial charge in [0.15, 0.2) is 0 Å². The number of nitrogens with zero attached hydrogens (tertiary/aromatic N) is 4. The third-order valence-corrected chi connectivity index (χ3v) is 9.32. The van der Waals surface area contributed by atoms with Crippen molar-refractivity contribution in [3.8, 4) is 12.1 Å². The molecule has 0 spiro atoms. The largest absolute Gasteiger partial charge is 0.303 e. The van der Waals surface area contributed by atoms with Crippen molar-refractivity contribution in [1.82, 2.24) is 9.88 Å². The summed E-state index contributed by atoms with van der Waals surface area (Å²) < 4.78 is 0.991. The van der Waals surface area contributed by atoms with Crippen LogP contribution in [0.2, 0.25) is 0 Å². The van der Waals surface area contributed by atoms with E-state index < -0.39 is 11.3 Å². The van der Waals surface area contributed by atoms with Gasteiger partial charge in [-0.25, -0.2) is 0 Å². The smallest absolute Gasteiger partial charge is 0.236 e. The molecule has 176 valence electrons. The van der Waals surface area contributed by atoms with Gasteiger partial charge in [-0.2, -0.15) is 10.5 Å². The molecule has 0 bridgehead atoms. The quantitative estimate of drug-likeness (QED) is 0.395. The third-order valence-electron chi connectivity index (χ3n) is 7.98. The number of benzene rings is 2. The average Bonchev–Trinajstić information content (AvgIpc) is 3.56. The number of nitrogens with one attached hydrogen (secondary N) is 1. The van der Waals surface area contributed by atoms with Gasteiger partial charge < -0.3 is 4.90 Å². The van der Waals surface area contributed by atoms with Crippen molar-refractivity contribution < 1.29 is 4.79 Å². The predicted molar refractivity (Wildman–Crippen MR) is 140 cm³/mol. The molecule has 7 heteroatoms. The lowest BCUT2D eigenvalue weighted by Gasteiger charge is -2.44.